The molecule has 20 heteroatoms. The number of fused-ring (bicyclic) bond motifs is 2. The van der Waals surface area contributed by atoms with Gasteiger partial charge in [0.15, 0.2) is 0 Å². The van der Waals surface area contributed by atoms with E-state index >= 15 is 8.42 Å². The van der Waals surface area contributed by atoms with Crippen molar-refractivity contribution in [2.45, 2.75) is 137 Å². The van der Waals surface area contributed by atoms with Crippen LogP contribution in [0, 0.1) is 11.8 Å². The van der Waals surface area contributed by atoms with Gasteiger partial charge in [-0.1, -0.05) is 68.1 Å². The number of hydrogen-bond donors (Lipinski definition) is 2. The highest BCUT2D eigenvalue weighted by Gasteiger charge is 2.41. The van der Waals surface area contributed by atoms with Crippen LogP contribution in [-0.2, 0) is 58.6 Å². The number of hydrogen-bond acceptors (Lipinski definition) is 8. The number of imidazole rings is 2. The minimum Gasteiger partial charge on any atom is -0.361 e. The molecule has 0 radical (unpaired) electrons. The van der Waals surface area contributed by atoms with Crippen LogP contribution in [0.25, 0.3) is 0 Å². The molecule has 4 heterocycles. The van der Waals surface area contributed by atoms with Crippen molar-refractivity contribution in [1.82, 2.24) is 28.5 Å². The van der Waals surface area contributed by atoms with Crippen LogP contribution in [0.3, 0.4) is 0 Å². The zero-order valence-corrected chi connectivity index (χ0v) is 42.4. The first-order valence-electron chi connectivity index (χ1n) is 25.4. The van der Waals surface area contributed by atoms with Crippen molar-refractivity contribution in [1.29, 1.82) is 0 Å². The molecule has 6 aromatic rings. The summed E-state index contributed by atoms with van der Waals surface area (Å²) in [5.74, 6) is 0.126. The molecule has 2 saturated carbocycles. The van der Waals surface area contributed by atoms with Crippen LogP contribution < -0.4 is 9.80 Å². The number of para-hydroxylation sites is 2. The Morgan fingerprint density at radius 3 is 1.62 bits per heavy atom. The second-order valence-corrected chi connectivity index (χ2v) is 24.4. The first-order valence-corrected chi connectivity index (χ1v) is 28.3. The molecule has 4 atom stereocenters. The van der Waals surface area contributed by atoms with Gasteiger partial charge in [0.05, 0.1) is 58.0 Å². The van der Waals surface area contributed by atoms with Gasteiger partial charge in [0.2, 0.25) is 20.0 Å². The summed E-state index contributed by atoms with van der Waals surface area (Å²) < 4.78 is 148. The maximum absolute atomic E-state index is 15.1. The molecule has 4 aromatic carbocycles. The van der Waals surface area contributed by atoms with E-state index in [1.165, 1.54) is 20.7 Å². The lowest BCUT2D eigenvalue weighted by Gasteiger charge is -2.34. The van der Waals surface area contributed by atoms with Crippen molar-refractivity contribution in [2.75, 3.05) is 22.9 Å². The Balaban J connectivity index is 0.920. The molecule has 4 aliphatic rings. The van der Waals surface area contributed by atoms with Gasteiger partial charge in [-0.3, -0.25) is 0 Å². The Morgan fingerprint density at radius 2 is 1.08 bits per heavy atom. The van der Waals surface area contributed by atoms with Gasteiger partial charge in [0.25, 0.3) is 0 Å². The van der Waals surface area contributed by atoms with E-state index in [9.17, 15) is 34.8 Å². The Morgan fingerprint density at radius 1 is 0.554 bits per heavy atom. The zero-order chi connectivity index (χ0) is 51.8. The summed E-state index contributed by atoms with van der Waals surface area (Å²) in [6.07, 6.45) is 5.76. The van der Waals surface area contributed by atoms with Gasteiger partial charge in [0.1, 0.15) is 0 Å². The maximum atomic E-state index is 15.1. The summed E-state index contributed by atoms with van der Waals surface area (Å²) in [5.41, 5.74) is 2.86. The molecule has 2 N–H and O–H groups in total. The predicted molar refractivity (Wildman–Crippen MR) is 269 cm³/mol. The van der Waals surface area contributed by atoms with E-state index in [0.29, 0.717) is 74.7 Å². The van der Waals surface area contributed by atoms with Gasteiger partial charge in [0, 0.05) is 62.0 Å². The van der Waals surface area contributed by atoms with Crippen LogP contribution in [0.1, 0.15) is 116 Å². The van der Waals surface area contributed by atoms with Crippen LogP contribution >= 0.6 is 0 Å². The number of rotatable bonds is 15. The van der Waals surface area contributed by atoms with Crippen molar-refractivity contribution in [2.24, 2.45) is 11.8 Å². The summed E-state index contributed by atoms with van der Waals surface area (Å²) >= 11 is 0. The minimum absolute atomic E-state index is 0.0146. The molecule has 2 fully saturated rings. The van der Waals surface area contributed by atoms with Gasteiger partial charge < -0.3 is 19.8 Å². The molecule has 2 unspecified atom stereocenters. The number of nitrogens with one attached hydrogen (secondary N) is 2. The number of halogens is 6. The largest absolute Gasteiger partial charge is 0.416 e. The third-order valence-corrected chi connectivity index (χ3v) is 19.4. The number of aromatic amines is 2. The van der Waals surface area contributed by atoms with Crippen molar-refractivity contribution in [3.05, 3.63) is 155 Å². The number of benzene rings is 4. The van der Waals surface area contributed by atoms with Crippen molar-refractivity contribution >= 4 is 31.4 Å². The molecule has 2 aliphatic heterocycles. The first-order chi connectivity index (χ1) is 35.4. The second kappa shape index (κ2) is 21.1. The molecule has 0 bridgehead atoms. The van der Waals surface area contributed by atoms with Crippen molar-refractivity contribution in [3.63, 3.8) is 0 Å². The summed E-state index contributed by atoms with van der Waals surface area (Å²) in [5, 5.41) is 0. The molecule has 74 heavy (non-hydrogen) atoms. The fraction of sp³-hybridized carbons (Fsp3) is 0.444. The molecule has 0 amide bonds. The maximum Gasteiger partial charge on any atom is 0.416 e. The van der Waals surface area contributed by atoms with Gasteiger partial charge >= 0.3 is 12.4 Å². The van der Waals surface area contributed by atoms with Crippen molar-refractivity contribution < 1.29 is 43.2 Å². The molecule has 0 spiro atoms. The third-order valence-electron chi connectivity index (χ3n) is 15.8. The minimum atomic E-state index is -4.83. The van der Waals surface area contributed by atoms with E-state index in [2.05, 4.69) is 29.7 Å². The fourth-order valence-corrected chi connectivity index (χ4v) is 15.0. The van der Waals surface area contributed by atoms with Crippen LogP contribution in [0.15, 0.2) is 126 Å². The van der Waals surface area contributed by atoms with E-state index in [-0.39, 0.29) is 44.1 Å². The number of alkyl halides is 6. The summed E-state index contributed by atoms with van der Waals surface area (Å²) in [4.78, 5) is 18.2. The monoisotopic (exact) mass is 1060 g/mol. The van der Waals surface area contributed by atoms with Gasteiger partial charge in [-0.15, -0.1) is 0 Å². The van der Waals surface area contributed by atoms with E-state index < -0.39 is 59.4 Å². The highest BCUT2D eigenvalue weighted by Crippen LogP contribution is 2.45. The number of H-pyrrole nitrogens is 2. The number of nitrogens with zero attached hydrogens (tertiary/aromatic N) is 6. The lowest BCUT2D eigenvalue weighted by Crippen LogP contribution is -2.43. The van der Waals surface area contributed by atoms with E-state index in [1.54, 1.807) is 37.2 Å². The highest BCUT2D eigenvalue weighted by molar-refractivity contribution is 7.89. The molecule has 0 saturated heterocycles. The Kier molecular flexibility index (Phi) is 14.8. The molecule has 2 aromatic heterocycles. The summed E-state index contributed by atoms with van der Waals surface area (Å²) in [7, 11) is -8.95. The first kappa shape index (κ1) is 51.8. The van der Waals surface area contributed by atoms with Crippen LogP contribution in [0.2, 0.25) is 0 Å². The fourth-order valence-electron chi connectivity index (χ4n) is 11.9. The number of anilines is 2. The topological polar surface area (TPSA) is 139 Å². The van der Waals surface area contributed by atoms with Gasteiger partial charge in [-0.05, 0) is 128 Å². The standard InChI is InChI=1S/C54H60F6N8O4S2/c55-53(56,57)43-12-7-13-49(25-43)73(69,70)65-29-40-10-3-5-14-51(40)68(32-46-28-62-36-64-46)48(33-65)21-18-38-16-19-39(22-38)42-23-44(54(58,59)60)26-50(24-42)74(71,72)66-30-41-11-4-6-15-52(41)67(31-45-27-61-35-63-45)47(34-66)20-17-37-8-1-2-9-37/h3-7,10-15,23-28,35-39,47-48H,1-2,8-9,16-22,29-34H2,(H,61,63)(H,62,64)/t38?,39?,47-,48+/m1/s1. The average molecular weight is 1060 g/mol. The normalized spacial score (nSPS) is 21.6. The molecule has 12 nitrogen and oxygen atoms in total. The predicted octanol–water partition coefficient (Wildman–Crippen LogP) is 11.7. The lowest BCUT2D eigenvalue weighted by atomic mass is 9.92. The van der Waals surface area contributed by atoms with Crippen LogP contribution in [0.4, 0.5) is 37.7 Å². The molecular weight excluding hydrogens is 1000 g/mol. The summed E-state index contributed by atoms with van der Waals surface area (Å²) in [6.45, 7) is 0.680. The van der Waals surface area contributed by atoms with E-state index in [4.69, 9.17) is 0 Å². The molecule has 10 rings (SSSR count). The Hall–Kier alpha value is -5.70. The average Bonchev–Trinajstić information content (AvgIpc) is 4.24. The summed E-state index contributed by atoms with van der Waals surface area (Å²) in [6, 6.07) is 21.2. The quantitative estimate of drug-likeness (QED) is 0.0970. The van der Waals surface area contributed by atoms with E-state index in [0.717, 1.165) is 84.7 Å². The Bertz CT molecular complexity index is 3110. The van der Waals surface area contributed by atoms with Gasteiger partial charge in [-0.25, -0.2) is 26.8 Å². The molecule has 394 valence electrons. The zero-order valence-electron chi connectivity index (χ0n) is 40.8. The third kappa shape index (κ3) is 11.3. The second-order valence-electron chi connectivity index (χ2n) is 20.6. The SMILES string of the molecule is O=S(=O)(c1cc(C2CCC(CC[C@H]3CN(S(=O)(=O)c4cccc(C(F)(F)F)c4)Cc4ccccc4N3Cc3cnc[nH]3)C2)cc(C(F)(F)F)c1)N1Cc2ccccc2N(Cc2cnc[nH]2)[C@H](CCC2CCCC2)C1. The van der Waals surface area contributed by atoms with Crippen LogP contribution in [-0.4, -0.2) is 70.6 Å². The van der Waals surface area contributed by atoms with Crippen molar-refractivity contribution in [3.8, 4) is 0 Å². The highest BCUT2D eigenvalue weighted by atomic mass is 32.2. The Labute approximate surface area is 428 Å². The molecule has 2 aliphatic carbocycles. The number of sulfonamides is 2. The van der Waals surface area contributed by atoms with E-state index in [1.807, 2.05) is 36.4 Å². The number of aromatic nitrogens is 4. The van der Waals surface area contributed by atoms with Gasteiger partial charge in [-0.2, -0.15) is 35.0 Å². The molecular formula is C54H60F6N8O4S2. The lowest BCUT2D eigenvalue weighted by molar-refractivity contribution is -0.138. The smallest absolute Gasteiger partial charge is 0.361 e. The van der Waals surface area contributed by atoms with Crippen LogP contribution in [0.5, 0.6) is 0 Å².